The van der Waals surface area contributed by atoms with Crippen molar-refractivity contribution in [2.75, 3.05) is 32.6 Å². The van der Waals surface area contributed by atoms with E-state index in [1.807, 2.05) is 37.3 Å². The molecule has 0 unspecified atom stereocenters. The summed E-state index contributed by atoms with van der Waals surface area (Å²) in [4.78, 5) is 26.9. The molecule has 0 spiro atoms. The molecule has 168 valence electrons. The summed E-state index contributed by atoms with van der Waals surface area (Å²) < 4.78 is 10.9. The van der Waals surface area contributed by atoms with Crippen LogP contribution in [0.25, 0.3) is 0 Å². The van der Waals surface area contributed by atoms with Gasteiger partial charge in [0.15, 0.2) is 17.5 Å². The molecule has 0 aromatic heterocycles. The fourth-order valence-corrected chi connectivity index (χ4v) is 2.57. The summed E-state index contributed by atoms with van der Waals surface area (Å²) in [6, 6.07) is 12.5. The Hall–Kier alpha value is -3.02. The van der Waals surface area contributed by atoms with Crippen molar-refractivity contribution in [1.29, 1.82) is 0 Å². The van der Waals surface area contributed by atoms with Gasteiger partial charge in [0.05, 0.1) is 20.3 Å². The quantitative estimate of drug-likeness (QED) is 0.219. The van der Waals surface area contributed by atoms with E-state index in [0.717, 1.165) is 11.3 Å². The number of amides is 2. The zero-order valence-electron chi connectivity index (χ0n) is 17.7. The maximum Gasteiger partial charge on any atom is 0.251 e. The summed E-state index contributed by atoms with van der Waals surface area (Å²) in [7, 11) is 3.27. The largest absolute Gasteiger partial charge is 0.493 e. The van der Waals surface area contributed by atoms with Crippen LogP contribution in [0.15, 0.2) is 47.5 Å². The molecular formula is C21H28IN5O4. The smallest absolute Gasteiger partial charge is 0.251 e. The van der Waals surface area contributed by atoms with Crippen LogP contribution in [0.4, 0.5) is 5.69 Å². The van der Waals surface area contributed by atoms with E-state index in [0.29, 0.717) is 36.2 Å². The summed E-state index contributed by atoms with van der Waals surface area (Å²) in [5.74, 6) is 0.936. The van der Waals surface area contributed by atoms with E-state index in [1.54, 1.807) is 26.3 Å². The molecule has 2 aromatic rings. The van der Waals surface area contributed by atoms with Crippen LogP contribution in [0.5, 0.6) is 11.5 Å². The number of hydrogen-bond donors (Lipinski definition) is 4. The van der Waals surface area contributed by atoms with Gasteiger partial charge in [0.1, 0.15) is 0 Å². The third kappa shape index (κ3) is 8.32. The van der Waals surface area contributed by atoms with Crippen LogP contribution >= 0.6 is 24.0 Å². The number of rotatable bonds is 9. The number of benzene rings is 2. The lowest BCUT2D eigenvalue weighted by Gasteiger charge is -2.15. The molecule has 0 saturated heterocycles. The lowest BCUT2D eigenvalue weighted by atomic mass is 10.1. The van der Waals surface area contributed by atoms with E-state index in [9.17, 15) is 9.59 Å². The molecule has 9 nitrogen and oxygen atoms in total. The van der Waals surface area contributed by atoms with Crippen LogP contribution in [-0.4, -0.2) is 45.1 Å². The lowest BCUT2D eigenvalue weighted by molar-refractivity contribution is -0.117. The molecule has 5 N–H and O–H groups in total. The van der Waals surface area contributed by atoms with Crippen LogP contribution in [0.3, 0.4) is 0 Å². The first-order valence-corrected chi connectivity index (χ1v) is 9.40. The standard InChI is InChI=1S/C21H27N5O4.HI/c1-4-30-18-11-16(9-10-17(18)29-3)26-21(23-2)25-12-14-5-7-15(8-6-14)20(28)24-13-19(22)27;/h5-11H,4,12-13H2,1-3H3,(H2,22,27)(H,24,28)(H2,23,25,26);1H. The fourth-order valence-electron chi connectivity index (χ4n) is 2.57. The minimum atomic E-state index is -0.590. The topological polar surface area (TPSA) is 127 Å². The predicted molar refractivity (Wildman–Crippen MR) is 131 cm³/mol. The van der Waals surface area contributed by atoms with E-state index in [1.165, 1.54) is 0 Å². The first-order chi connectivity index (χ1) is 14.5. The van der Waals surface area contributed by atoms with Gasteiger partial charge in [0.25, 0.3) is 5.91 Å². The molecule has 0 atom stereocenters. The highest BCUT2D eigenvalue weighted by Gasteiger charge is 2.08. The highest BCUT2D eigenvalue weighted by atomic mass is 127. The van der Waals surface area contributed by atoms with Crippen molar-refractivity contribution in [2.45, 2.75) is 13.5 Å². The Bertz CT molecular complexity index is 903. The van der Waals surface area contributed by atoms with Crippen LogP contribution in [0.2, 0.25) is 0 Å². The van der Waals surface area contributed by atoms with E-state index in [-0.39, 0.29) is 36.4 Å². The third-order valence-electron chi connectivity index (χ3n) is 4.05. The van der Waals surface area contributed by atoms with Crippen LogP contribution in [0.1, 0.15) is 22.8 Å². The SMILES string of the molecule is CCOc1cc(NC(=NC)NCc2ccc(C(=O)NCC(N)=O)cc2)ccc1OC.I. The second-order valence-electron chi connectivity index (χ2n) is 6.20. The average molecular weight is 541 g/mol. The second kappa shape index (κ2) is 13.3. The number of aliphatic imine (C=N–C) groups is 1. The Balaban J connectivity index is 0.00000480. The molecule has 0 radical (unpaired) electrons. The monoisotopic (exact) mass is 541 g/mol. The van der Waals surface area contributed by atoms with Crippen molar-refractivity contribution < 1.29 is 19.1 Å². The first kappa shape index (κ1) is 26.0. The van der Waals surface area contributed by atoms with Crippen molar-refractivity contribution in [1.82, 2.24) is 10.6 Å². The molecule has 2 amide bonds. The lowest BCUT2D eigenvalue weighted by Crippen LogP contribution is -2.33. The van der Waals surface area contributed by atoms with Gasteiger partial charge in [-0.1, -0.05) is 12.1 Å². The van der Waals surface area contributed by atoms with Gasteiger partial charge < -0.3 is 31.2 Å². The van der Waals surface area contributed by atoms with Crippen molar-refractivity contribution in [2.24, 2.45) is 10.7 Å². The van der Waals surface area contributed by atoms with Gasteiger partial charge in [-0.15, -0.1) is 24.0 Å². The van der Waals surface area contributed by atoms with E-state index in [2.05, 4.69) is 20.9 Å². The maximum absolute atomic E-state index is 11.9. The number of hydrogen-bond acceptors (Lipinski definition) is 5. The Morgan fingerprint density at radius 3 is 2.35 bits per heavy atom. The van der Waals surface area contributed by atoms with Crippen molar-refractivity contribution in [3.05, 3.63) is 53.6 Å². The van der Waals surface area contributed by atoms with Crippen molar-refractivity contribution >= 4 is 47.4 Å². The molecule has 0 heterocycles. The Labute approximate surface area is 198 Å². The number of guanidine groups is 1. The van der Waals surface area contributed by atoms with Crippen molar-refractivity contribution in [3.8, 4) is 11.5 Å². The number of ether oxygens (including phenoxy) is 2. The van der Waals surface area contributed by atoms with Gasteiger partial charge in [-0.25, -0.2) is 0 Å². The second-order valence-corrected chi connectivity index (χ2v) is 6.20. The summed E-state index contributed by atoms with van der Waals surface area (Å²) in [5, 5.41) is 8.86. The van der Waals surface area contributed by atoms with Gasteiger partial charge >= 0.3 is 0 Å². The number of nitrogens with zero attached hydrogens (tertiary/aromatic N) is 1. The van der Waals surface area contributed by atoms with Crippen LogP contribution < -0.4 is 31.2 Å². The van der Waals surface area contributed by atoms with Crippen molar-refractivity contribution in [3.63, 3.8) is 0 Å². The number of carbonyl (C=O) groups is 2. The van der Waals surface area contributed by atoms with Gasteiger partial charge in [-0.3, -0.25) is 14.6 Å². The van der Waals surface area contributed by atoms with Gasteiger partial charge in [0.2, 0.25) is 5.91 Å². The fraction of sp³-hybridized carbons (Fsp3) is 0.286. The number of primary amides is 1. The molecular weight excluding hydrogens is 513 g/mol. The maximum atomic E-state index is 11.9. The minimum Gasteiger partial charge on any atom is -0.493 e. The van der Waals surface area contributed by atoms with Gasteiger partial charge in [-0.2, -0.15) is 0 Å². The molecule has 0 saturated carbocycles. The molecule has 0 fully saturated rings. The number of methoxy groups -OCH3 is 1. The normalized spacial score (nSPS) is 10.5. The molecule has 2 aromatic carbocycles. The van der Waals surface area contributed by atoms with Crippen LogP contribution in [-0.2, 0) is 11.3 Å². The number of carbonyl (C=O) groups excluding carboxylic acids is 2. The molecule has 31 heavy (non-hydrogen) atoms. The predicted octanol–water partition coefficient (Wildman–Crippen LogP) is 2.11. The zero-order chi connectivity index (χ0) is 21.9. The average Bonchev–Trinajstić information content (AvgIpc) is 2.75. The Morgan fingerprint density at radius 1 is 1.06 bits per heavy atom. The Morgan fingerprint density at radius 2 is 1.77 bits per heavy atom. The molecule has 10 heteroatoms. The molecule has 0 bridgehead atoms. The number of halogens is 1. The number of nitrogens with two attached hydrogens (primary N) is 1. The summed E-state index contributed by atoms with van der Waals surface area (Å²) >= 11 is 0. The summed E-state index contributed by atoms with van der Waals surface area (Å²) in [6.07, 6.45) is 0. The number of anilines is 1. The molecule has 2 rings (SSSR count). The minimum absolute atomic E-state index is 0. The van der Waals surface area contributed by atoms with E-state index >= 15 is 0 Å². The Kier molecular flexibility index (Phi) is 11.2. The summed E-state index contributed by atoms with van der Waals surface area (Å²) in [5.41, 5.74) is 7.23. The third-order valence-corrected chi connectivity index (χ3v) is 4.05. The van der Waals surface area contributed by atoms with Gasteiger partial charge in [0, 0.05) is 30.9 Å². The summed E-state index contributed by atoms with van der Waals surface area (Å²) in [6.45, 7) is 2.74. The molecule has 0 aliphatic heterocycles. The molecule has 0 aliphatic rings. The van der Waals surface area contributed by atoms with E-state index in [4.69, 9.17) is 15.2 Å². The number of nitrogens with one attached hydrogen (secondary N) is 3. The van der Waals surface area contributed by atoms with Crippen LogP contribution in [0, 0.1) is 0 Å². The first-order valence-electron chi connectivity index (χ1n) is 9.40. The van der Waals surface area contributed by atoms with E-state index < -0.39 is 5.91 Å². The highest BCUT2D eigenvalue weighted by molar-refractivity contribution is 14.0. The highest BCUT2D eigenvalue weighted by Crippen LogP contribution is 2.30. The van der Waals surface area contributed by atoms with Gasteiger partial charge in [-0.05, 0) is 36.8 Å². The molecule has 0 aliphatic carbocycles. The zero-order valence-corrected chi connectivity index (χ0v) is 20.1.